The Balaban J connectivity index is 1.95. The van der Waals surface area contributed by atoms with Crippen molar-refractivity contribution in [1.82, 2.24) is 25.2 Å². The third kappa shape index (κ3) is 3.06. The van der Waals surface area contributed by atoms with Crippen LogP contribution in [0.15, 0.2) is 18.3 Å². The van der Waals surface area contributed by atoms with Gasteiger partial charge in [-0.25, -0.2) is 0 Å². The lowest BCUT2D eigenvalue weighted by Crippen LogP contribution is -2.27. The molecule has 2 aromatic rings. The maximum Gasteiger partial charge on any atom is 0.251 e. The van der Waals surface area contributed by atoms with Crippen LogP contribution in [0.4, 0.5) is 0 Å². The third-order valence-electron chi connectivity index (χ3n) is 2.71. The summed E-state index contributed by atoms with van der Waals surface area (Å²) in [6, 6.07) is 3.42. The van der Waals surface area contributed by atoms with E-state index < -0.39 is 0 Å². The minimum atomic E-state index is -0.158. The first-order valence-corrected chi connectivity index (χ1v) is 5.99. The molecule has 7 heteroatoms. The van der Waals surface area contributed by atoms with Crippen LogP contribution in [0.1, 0.15) is 22.6 Å². The van der Waals surface area contributed by atoms with Crippen molar-refractivity contribution in [3.63, 3.8) is 0 Å². The van der Waals surface area contributed by atoms with Gasteiger partial charge >= 0.3 is 0 Å². The van der Waals surface area contributed by atoms with E-state index in [-0.39, 0.29) is 5.91 Å². The van der Waals surface area contributed by atoms with E-state index in [0.29, 0.717) is 37.1 Å². The number of nitrogens with zero attached hydrogens (tertiary/aromatic N) is 3. The average Bonchev–Trinajstić information content (AvgIpc) is 2.79. The molecule has 0 fully saturated rings. The second kappa shape index (κ2) is 5.94. The van der Waals surface area contributed by atoms with Crippen LogP contribution in [-0.2, 0) is 4.79 Å². The molecule has 0 aromatic carbocycles. The summed E-state index contributed by atoms with van der Waals surface area (Å²) in [4.78, 5) is 21.9. The fourth-order valence-corrected chi connectivity index (χ4v) is 1.70. The number of hydrogen-bond acceptors (Lipinski definition) is 4. The van der Waals surface area contributed by atoms with E-state index >= 15 is 0 Å². The molecular formula is C12H15N5O2. The van der Waals surface area contributed by atoms with Crippen molar-refractivity contribution in [2.24, 2.45) is 0 Å². The maximum atomic E-state index is 11.9. The minimum absolute atomic E-state index is 0.158. The van der Waals surface area contributed by atoms with Crippen LogP contribution >= 0.6 is 0 Å². The zero-order chi connectivity index (χ0) is 13.7. The maximum absolute atomic E-state index is 11.9. The Morgan fingerprint density at radius 2 is 2.26 bits per heavy atom. The monoisotopic (exact) mass is 261 g/mol. The van der Waals surface area contributed by atoms with Gasteiger partial charge in [-0.3, -0.25) is 14.0 Å². The van der Waals surface area contributed by atoms with Gasteiger partial charge in [0, 0.05) is 24.8 Å². The van der Waals surface area contributed by atoms with E-state index in [4.69, 9.17) is 0 Å². The molecule has 7 nitrogen and oxygen atoms in total. The molecule has 0 aliphatic rings. The Hall–Kier alpha value is -2.44. The lowest BCUT2D eigenvalue weighted by molar-refractivity contribution is -0.109. The van der Waals surface area contributed by atoms with Crippen molar-refractivity contribution in [3.05, 3.63) is 29.7 Å². The molecule has 0 aliphatic heterocycles. The Bertz CT molecular complexity index is 593. The molecule has 0 atom stereocenters. The molecule has 100 valence electrons. The van der Waals surface area contributed by atoms with Gasteiger partial charge in [0.2, 0.25) is 6.41 Å². The number of hydrogen-bond donors (Lipinski definition) is 2. The molecule has 0 radical (unpaired) electrons. The number of carbonyl (C=O) groups is 2. The van der Waals surface area contributed by atoms with Gasteiger partial charge in [0.15, 0.2) is 5.65 Å². The highest BCUT2D eigenvalue weighted by molar-refractivity contribution is 5.94. The molecular weight excluding hydrogens is 246 g/mol. The Labute approximate surface area is 110 Å². The predicted molar refractivity (Wildman–Crippen MR) is 68.7 cm³/mol. The average molecular weight is 261 g/mol. The molecule has 2 rings (SSSR count). The highest BCUT2D eigenvalue weighted by atomic mass is 16.1. The summed E-state index contributed by atoms with van der Waals surface area (Å²) in [5.41, 5.74) is 1.19. The van der Waals surface area contributed by atoms with Gasteiger partial charge in [0.1, 0.15) is 5.82 Å². The quantitative estimate of drug-likeness (QED) is 0.561. The summed E-state index contributed by atoms with van der Waals surface area (Å²) in [7, 11) is 0. The summed E-state index contributed by atoms with van der Waals surface area (Å²) < 4.78 is 1.81. The molecule has 2 aromatic heterocycles. The van der Waals surface area contributed by atoms with Gasteiger partial charge in [0.25, 0.3) is 5.91 Å². The minimum Gasteiger partial charge on any atom is -0.359 e. The Kier molecular flexibility index (Phi) is 4.07. The summed E-state index contributed by atoms with van der Waals surface area (Å²) in [5.74, 6) is 0.621. The van der Waals surface area contributed by atoms with Gasteiger partial charge < -0.3 is 10.6 Å². The van der Waals surface area contributed by atoms with Crippen LogP contribution in [0.3, 0.4) is 0 Å². The van der Waals surface area contributed by atoms with Gasteiger partial charge in [-0.1, -0.05) is 0 Å². The Morgan fingerprint density at radius 3 is 3.05 bits per heavy atom. The molecule has 0 bridgehead atoms. The fraction of sp³-hybridized carbons (Fsp3) is 0.333. The number of pyridine rings is 1. The lowest BCUT2D eigenvalue weighted by atomic mass is 10.2. The Morgan fingerprint density at radius 1 is 1.42 bits per heavy atom. The zero-order valence-electron chi connectivity index (χ0n) is 10.6. The molecule has 0 unspecified atom stereocenters. The SMILES string of the molecule is Cc1nnc2cc(C(=O)NCCCNC=O)ccn12. The van der Waals surface area contributed by atoms with Crippen molar-refractivity contribution in [3.8, 4) is 0 Å². The van der Waals surface area contributed by atoms with Crippen molar-refractivity contribution in [2.75, 3.05) is 13.1 Å². The molecule has 2 N–H and O–H groups in total. The summed E-state index contributed by atoms with van der Waals surface area (Å²) in [6.45, 7) is 2.91. The van der Waals surface area contributed by atoms with Crippen LogP contribution in [0.5, 0.6) is 0 Å². The van der Waals surface area contributed by atoms with Gasteiger partial charge in [-0.15, -0.1) is 10.2 Å². The van der Waals surface area contributed by atoms with Gasteiger partial charge in [-0.05, 0) is 25.5 Å². The topological polar surface area (TPSA) is 88.4 Å². The summed E-state index contributed by atoms with van der Waals surface area (Å²) in [6.07, 6.45) is 3.10. The van der Waals surface area contributed by atoms with Crippen molar-refractivity contribution >= 4 is 18.0 Å². The van der Waals surface area contributed by atoms with E-state index in [1.807, 2.05) is 11.3 Å². The molecule has 0 saturated carbocycles. The van der Waals surface area contributed by atoms with E-state index in [0.717, 1.165) is 5.82 Å². The number of carbonyl (C=O) groups excluding carboxylic acids is 2. The number of amides is 2. The second-order valence-corrected chi connectivity index (χ2v) is 4.07. The first kappa shape index (κ1) is 13.0. The summed E-state index contributed by atoms with van der Waals surface area (Å²) in [5, 5.41) is 13.2. The molecule has 2 heterocycles. The standard InChI is InChI=1S/C12H15N5O2/c1-9-15-16-11-7-10(3-6-17(9)11)12(19)14-5-2-4-13-8-18/h3,6-8H,2,4-5H2,1H3,(H,13,18)(H,14,19). The van der Waals surface area contributed by atoms with E-state index in [1.165, 1.54) is 0 Å². The van der Waals surface area contributed by atoms with Crippen molar-refractivity contribution in [1.29, 1.82) is 0 Å². The normalized spacial score (nSPS) is 10.4. The summed E-state index contributed by atoms with van der Waals surface area (Å²) >= 11 is 0. The molecule has 2 amide bonds. The van der Waals surface area contributed by atoms with Crippen LogP contribution in [0, 0.1) is 6.92 Å². The first-order valence-electron chi connectivity index (χ1n) is 5.99. The van der Waals surface area contributed by atoms with E-state index in [2.05, 4.69) is 20.8 Å². The predicted octanol–water partition coefficient (Wildman–Crippen LogP) is -0.0964. The van der Waals surface area contributed by atoms with E-state index in [1.54, 1.807) is 18.3 Å². The largest absolute Gasteiger partial charge is 0.359 e. The van der Waals surface area contributed by atoms with Crippen LogP contribution < -0.4 is 10.6 Å². The fourth-order valence-electron chi connectivity index (χ4n) is 1.70. The van der Waals surface area contributed by atoms with Crippen LogP contribution in [0.25, 0.3) is 5.65 Å². The smallest absolute Gasteiger partial charge is 0.251 e. The number of rotatable bonds is 6. The van der Waals surface area contributed by atoms with Gasteiger partial charge in [0.05, 0.1) is 0 Å². The second-order valence-electron chi connectivity index (χ2n) is 4.07. The number of fused-ring (bicyclic) bond motifs is 1. The van der Waals surface area contributed by atoms with Crippen LogP contribution in [0.2, 0.25) is 0 Å². The molecule has 0 saturated heterocycles. The molecule has 0 spiro atoms. The lowest BCUT2D eigenvalue weighted by Gasteiger charge is -2.05. The molecule has 19 heavy (non-hydrogen) atoms. The number of aryl methyl sites for hydroxylation is 1. The first-order chi connectivity index (χ1) is 9.22. The van der Waals surface area contributed by atoms with Gasteiger partial charge in [-0.2, -0.15) is 0 Å². The highest BCUT2D eigenvalue weighted by Crippen LogP contribution is 2.06. The van der Waals surface area contributed by atoms with Crippen LogP contribution in [-0.4, -0.2) is 40.0 Å². The highest BCUT2D eigenvalue weighted by Gasteiger charge is 2.07. The van der Waals surface area contributed by atoms with E-state index in [9.17, 15) is 9.59 Å². The zero-order valence-corrected chi connectivity index (χ0v) is 10.6. The van der Waals surface area contributed by atoms with Crippen molar-refractivity contribution < 1.29 is 9.59 Å². The third-order valence-corrected chi connectivity index (χ3v) is 2.71. The number of nitrogens with one attached hydrogen (secondary N) is 2. The number of aromatic nitrogens is 3. The molecule has 0 aliphatic carbocycles. The van der Waals surface area contributed by atoms with Crippen molar-refractivity contribution in [2.45, 2.75) is 13.3 Å².